The first-order chi connectivity index (χ1) is 20.2. The number of nitro benzene ring substituents is 1. The van der Waals surface area contributed by atoms with Crippen molar-refractivity contribution < 1.29 is 19.2 Å². The van der Waals surface area contributed by atoms with Crippen molar-refractivity contribution in [1.82, 2.24) is 14.9 Å². The second-order valence-corrected chi connectivity index (χ2v) is 10.2. The number of aryl methyl sites for hydroxylation is 1. The molecule has 0 saturated carbocycles. The van der Waals surface area contributed by atoms with Gasteiger partial charge in [0.2, 0.25) is 5.91 Å². The average molecular weight is 587 g/mol. The quantitative estimate of drug-likeness (QED) is 0.155. The number of thiocarbonyl (C=S) groups is 1. The van der Waals surface area contributed by atoms with Crippen LogP contribution in [0.3, 0.4) is 0 Å². The Morgan fingerprint density at radius 2 is 1.88 bits per heavy atom. The van der Waals surface area contributed by atoms with Crippen LogP contribution in [0.1, 0.15) is 34.7 Å². The number of rotatable bonds is 9. The largest absolute Gasteiger partial charge is 0.495 e. The Morgan fingerprint density at radius 1 is 1.12 bits per heavy atom. The number of carbonyl (C=O) groups excluding carboxylic acids is 1. The van der Waals surface area contributed by atoms with Crippen LogP contribution in [0.5, 0.6) is 5.75 Å². The molecule has 12 heteroatoms. The monoisotopic (exact) mass is 586 g/mol. The number of pyridine rings is 1. The van der Waals surface area contributed by atoms with Gasteiger partial charge in [-0.05, 0) is 80.2 Å². The van der Waals surface area contributed by atoms with E-state index in [-0.39, 0.29) is 30.3 Å². The van der Waals surface area contributed by atoms with Gasteiger partial charge in [0, 0.05) is 48.2 Å². The molecule has 1 saturated heterocycles. The molecule has 11 nitrogen and oxygen atoms in total. The van der Waals surface area contributed by atoms with E-state index in [0.717, 1.165) is 28.3 Å². The zero-order valence-corrected chi connectivity index (χ0v) is 24.3. The summed E-state index contributed by atoms with van der Waals surface area (Å²) in [5, 5.41) is 18.4. The van der Waals surface area contributed by atoms with Crippen molar-refractivity contribution in [1.29, 1.82) is 0 Å². The van der Waals surface area contributed by atoms with Crippen LogP contribution in [0.4, 0.5) is 17.1 Å². The Bertz CT molecular complexity index is 1640. The Kier molecular flexibility index (Phi) is 8.18. The highest BCUT2D eigenvalue weighted by Gasteiger charge is 2.42. The molecule has 0 bridgehead atoms. The number of hydrogen-bond donors (Lipinski definition) is 2. The summed E-state index contributed by atoms with van der Waals surface area (Å²) in [6.07, 6.45) is 1.74. The van der Waals surface area contributed by atoms with E-state index in [1.54, 1.807) is 19.4 Å². The van der Waals surface area contributed by atoms with Crippen LogP contribution in [-0.4, -0.2) is 46.3 Å². The first-order valence-corrected chi connectivity index (χ1v) is 13.6. The van der Waals surface area contributed by atoms with E-state index in [2.05, 4.69) is 21.7 Å². The zero-order valence-electron chi connectivity index (χ0n) is 23.5. The van der Waals surface area contributed by atoms with Gasteiger partial charge in [0.25, 0.3) is 5.69 Å². The van der Waals surface area contributed by atoms with Crippen LogP contribution in [0.2, 0.25) is 0 Å². The number of methoxy groups -OCH3 is 2. The van der Waals surface area contributed by atoms with Crippen molar-refractivity contribution in [3.63, 3.8) is 0 Å². The summed E-state index contributed by atoms with van der Waals surface area (Å²) in [7, 11) is 3.01. The third-order valence-corrected chi connectivity index (χ3v) is 7.52. The third-order valence-electron chi connectivity index (χ3n) is 7.21. The first-order valence-electron chi connectivity index (χ1n) is 13.1. The second kappa shape index (κ2) is 12.0. The zero-order chi connectivity index (χ0) is 30.0. The molecule has 1 aliphatic heterocycles. The number of non-ortho nitro benzene ring substituents is 1. The van der Waals surface area contributed by atoms with Crippen molar-refractivity contribution in [3.05, 3.63) is 106 Å². The van der Waals surface area contributed by atoms with Crippen molar-refractivity contribution >= 4 is 40.3 Å². The van der Waals surface area contributed by atoms with Gasteiger partial charge in [-0.25, -0.2) is 0 Å². The lowest BCUT2D eigenvalue weighted by Crippen LogP contribution is -2.29. The lowest BCUT2D eigenvalue weighted by Gasteiger charge is -2.28. The second-order valence-electron chi connectivity index (χ2n) is 9.80. The number of carbonyl (C=O) groups is 1. The number of ether oxygens (including phenoxy) is 2. The number of nitrogens with zero attached hydrogens (tertiary/aromatic N) is 4. The van der Waals surface area contributed by atoms with E-state index in [9.17, 15) is 14.9 Å². The van der Waals surface area contributed by atoms with Crippen LogP contribution in [0.25, 0.3) is 5.69 Å². The van der Waals surface area contributed by atoms with Crippen LogP contribution >= 0.6 is 12.2 Å². The Balaban J connectivity index is 1.62. The fraction of sp³-hybridized carbons (Fsp3) is 0.233. The molecule has 0 unspecified atom stereocenters. The molecule has 5 rings (SSSR count). The maximum atomic E-state index is 12.0. The Labute approximate surface area is 248 Å². The lowest BCUT2D eigenvalue weighted by molar-refractivity contribution is -0.384. The normalized spacial score (nSPS) is 16.3. The van der Waals surface area contributed by atoms with Gasteiger partial charge >= 0.3 is 0 Å². The molecule has 2 aromatic carbocycles. The standard InChI is InChI=1S/C30H30N6O5S/c1-18-15-23(19(2)34(18)25-16-22(36(38)39)12-13-26(25)41-4)29-28(24-7-5-6-14-31-24)33-30(42)35(29)21-10-8-20(9-11-21)32-27(37)17-40-3/h5-16,28-29H,17H2,1-4H3,(H,32,37)(H,33,42)/t28-,29-/m1/s1. The van der Waals surface area contributed by atoms with Crippen molar-refractivity contribution in [2.24, 2.45) is 0 Å². The minimum absolute atomic E-state index is 0.0331. The molecule has 0 spiro atoms. The molecule has 0 aliphatic carbocycles. The minimum atomic E-state index is -0.419. The molecule has 42 heavy (non-hydrogen) atoms. The summed E-state index contributed by atoms with van der Waals surface area (Å²) in [4.78, 5) is 29.9. The van der Waals surface area contributed by atoms with E-state index in [1.165, 1.54) is 19.2 Å². The van der Waals surface area contributed by atoms with Gasteiger partial charge in [-0.1, -0.05) is 6.07 Å². The van der Waals surface area contributed by atoms with E-state index in [0.29, 0.717) is 22.2 Å². The number of aromatic nitrogens is 2. The van der Waals surface area contributed by atoms with Gasteiger partial charge in [-0.15, -0.1) is 0 Å². The molecular weight excluding hydrogens is 556 g/mol. The third kappa shape index (κ3) is 5.41. The van der Waals surface area contributed by atoms with Gasteiger partial charge in [0.05, 0.1) is 35.5 Å². The molecule has 1 fully saturated rings. The molecule has 216 valence electrons. The van der Waals surface area contributed by atoms with Crippen LogP contribution in [-0.2, 0) is 9.53 Å². The average Bonchev–Trinajstić information content (AvgIpc) is 3.48. The molecule has 0 radical (unpaired) electrons. The topological polar surface area (TPSA) is 124 Å². The minimum Gasteiger partial charge on any atom is -0.495 e. The molecule has 1 aliphatic rings. The maximum absolute atomic E-state index is 12.0. The van der Waals surface area contributed by atoms with E-state index < -0.39 is 4.92 Å². The summed E-state index contributed by atoms with van der Waals surface area (Å²) < 4.78 is 12.5. The predicted molar refractivity (Wildman–Crippen MR) is 163 cm³/mol. The Hall–Kier alpha value is -4.81. The Morgan fingerprint density at radius 3 is 2.52 bits per heavy atom. The molecule has 2 aromatic heterocycles. The first kappa shape index (κ1) is 28.7. The summed E-state index contributed by atoms with van der Waals surface area (Å²) in [6, 6.07) is 19.2. The van der Waals surface area contributed by atoms with E-state index >= 15 is 0 Å². The van der Waals surface area contributed by atoms with Gasteiger partial charge in [-0.3, -0.25) is 19.9 Å². The van der Waals surface area contributed by atoms with Crippen molar-refractivity contribution in [2.75, 3.05) is 31.0 Å². The van der Waals surface area contributed by atoms with Gasteiger partial charge < -0.3 is 29.6 Å². The van der Waals surface area contributed by atoms with E-state index in [4.69, 9.17) is 21.7 Å². The predicted octanol–water partition coefficient (Wildman–Crippen LogP) is 5.17. The molecule has 3 heterocycles. The fourth-order valence-electron chi connectivity index (χ4n) is 5.41. The number of benzene rings is 2. The number of amides is 1. The van der Waals surface area contributed by atoms with Gasteiger partial charge in [0.1, 0.15) is 12.4 Å². The molecule has 2 N–H and O–H groups in total. The summed E-state index contributed by atoms with van der Waals surface area (Å²) in [5.41, 5.74) is 5.50. The van der Waals surface area contributed by atoms with Gasteiger partial charge in [0.15, 0.2) is 5.11 Å². The number of anilines is 2. The van der Waals surface area contributed by atoms with Crippen molar-refractivity contribution in [3.8, 4) is 11.4 Å². The van der Waals surface area contributed by atoms with E-state index in [1.807, 2.05) is 65.8 Å². The van der Waals surface area contributed by atoms with Crippen LogP contribution in [0.15, 0.2) is 72.9 Å². The number of hydrogen-bond acceptors (Lipinski definition) is 7. The summed E-state index contributed by atoms with van der Waals surface area (Å²) in [6.45, 7) is 3.89. The highest BCUT2D eigenvalue weighted by atomic mass is 32.1. The lowest BCUT2D eigenvalue weighted by atomic mass is 9.96. The molecule has 2 atom stereocenters. The smallest absolute Gasteiger partial charge is 0.271 e. The van der Waals surface area contributed by atoms with Gasteiger partial charge in [-0.2, -0.15) is 0 Å². The highest BCUT2D eigenvalue weighted by molar-refractivity contribution is 7.80. The van der Waals surface area contributed by atoms with Crippen LogP contribution in [0, 0.1) is 24.0 Å². The summed E-state index contributed by atoms with van der Waals surface area (Å²) >= 11 is 5.87. The van der Waals surface area contributed by atoms with Crippen molar-refractivity contribution in [2.45, 2.75) is 25.9 Å². The highest BCUT2D eigenvalue weighted by Crippen LogP contribution is 2.44. The maximum Gasteiger partial charge on any atom is 0.271 e. The molecular formula is C30H30N6O5S. The summed E-state index contributed by atoms with van der Waals surface area (Å²) in [5.74, 6) is 0.263. The van der Waals surface area contributed by atoms with Crippen LogP contribution < -0.4 is 20.3 Å². The molecule has 4 aromatic rings. The molecule has 1 amide bonds. The fourth-order valence-corrected chi connectivity index (χ4v) is 5.75. The number of nitro groups is 1. The number of nitrogens with one attached hydrogen (secondary N) is 2. The SMILES string of the molecule is COCC(=O)Nc1ccc(N2C(=S)N[C@H](c3ccccn3)[C@H]2c2cc(C)n(-c3cc([N+](=O)[O-])ccc3OC)c2C)cc1.